The van der Waals surface area contributed by atoms with Gasteiger partial charge in [-0.2, -0.15) is 0 Å². The molecule has 4 nitrogen and oxygen atoms in total. The highest BCUT2D eigenvalue weighted by atomic mass is 35.5. The number of hydrogen-bond donors (Lipinski definition) is 0. The quantitative estimate of drug-likeness (QED) is 0.835. The van der Waals surface area contributed by atoms with Gasteiger partial charge < -0.3 is 9.64 Å². The molecule has 3 heterocycles. The van der Waals surface area contributed by atoms with E-state index in [0.717, 1.165) is 18.6 Å². The molecule has 0 aliphatic carbocycles. The van der Waals surface area contributed by atoms with Gasteiger partial charge in [0, 0.05) is 24.1 Å². The highest BCUT2D eigenvalue weighted by Crippen LogP contribution is 2.43. The minimum absolute atomic E-state index is 0.405. The summed E-state index contributed by atoms with van der Waals surface area (Å²) in [5.74, 6) is 1.97. The summed E-state index contributed by atoms with van der Waals surface area (Å²) in [6, 6.07) is 4.99. The summed E-state index contributed by atoms with van der Waals surface area (Å²) in [4.78, 5) is 2.58. The molecule has 4 atom stereocenters. The van der Waals surface area contributed by atoms with Crippen LogP contribution in [0.3, 0.4) is 0 Å². The van der Waals surface area contributed by atoms with Gasteiger partial charge >= 0.3 is 0 Å². The molecule has 21 heavy (non-hydrogen) atoms. The first-order valence-electron chi connectivity index (χ1n) is 8.03. The molecule has 1 aromatic heterocycles. The van der Waals surface area contributed by atoms with Gasteiger partial charge in [-0.05, 0) is 38.3 Å². The van der Waals surface area contributed by atoms with E-state index in [1.165, 1.54) is 32.1 Å². The predicted octanol–water partition coefficient (Wildman–Crippen LogP) is 3.41. The maximum absolute atomic E-state index is 5.92. The molecular weight excluding hydrogens is 286 g/mol. The van der Waals surface area contributed by atoms with Crippen LogP contribution in [0.5, 0.6) is 5.88 Å². The SMILES string of the molecule is CCC[C@H]1CC2CCC(C1COc1ccc(Cl)nn1)N2C. The first kappa shape index (κ1) is 15.0. The lowest BCUT2D eigenvalue weighted by atomic mass is 9.78. The Morgan fingerprint density at radius 3 is 2.90 bits per heavy atom. The van der Waals surface area contributed by atoms with Gasteiger partial charge in [-0.3, -0.25) is 0 Å². The van der Waals surface area contributed by atoms with E-state index in [4.69, 9.17) is 16.3 Å². The fourth-order valence-electron chi connectivity index (χ4n) is 4.19. The maximum Gasteiger partial charge on any atom is 0.233 e. The molecule has 116 valence electrons. The Morgan fingerprint density at radius 1 is 1.33 bits per heavy atom. The lowest BCUT2D eigenvalue weighted by Crippen LogP contribution is -2.48. The summed E-state index contributed by atoms with van der Waals surface area (Å²) in [7, 11) is 2.28. The number of nitrogens with zero attached hydrogens (tertiary/aromatic N) is 3. The lowest BCUT2D eigenvalue weighted by molar-refractivity contribution is 0.0325. The van der Waals surface area contributed by atoms with Crippen LogP contribution in [0.15, 0.2) is 12.1 Å². The highest BCUT2D eigenvalue weighted by Gasteiger charge is 2.45. The zero-order valence-corrected chi connectivity index (χ0v) is 13.6. The summed E-state index contributed by atoms with van der Waals surface area (Å²) < 4.78 is 5.92. The van der Waals surface area contributed by atoms with Gasteiger partial charge in [0.05, 0.1) is 6.61 Å². The van der Waals surface area contributed by atoms with Crippen LogP contribution < -0.4 is 4.74 Å². The Bertz CT molecular complexity index is 467. The van der Waals surface area contributed by atoms with E-state index in [1.807, 2.05) is 0 Å². The fourth-order valence-corrected chi connectivity index (χ4v) is 4.29. The minimum atomic E-state index is 0.405. The monoisotopic (exact) mass is 309 g/mol. The van der Waals surface area contributed by atoms with Crippen LogP contribution >= 0.6 is 11.6 Å². The molecule has 0 spiro atoms. The van der Waals surface area contributed by atoms with Crippen molar-refractivity contribution in [2.45, 2.75) is 51.1 Å². The van der Waals surface area contributed by atoms with Gasteiger partial charge in [0.1, 0.15) is 0 Å². The molecule has 2 fully saturated rings. The molecule has 0 radical (unpaired) electrons. The van der Waals surface area contributed by atoms with Crippen LogP contribution in [0, 0.1) is 11.8 Å². The van der Waals surface area contributed by atoms with Crippen molar-refractivity contribution in [2.24, 2.45) is 11.8 Å². The normalized spacial score (nSPS) is 32.3. The Balaban J connectivity index is 1.66. The molecule has 0 amide bonds. The molecule has 0 saturated carbocycles. The summed E-state index contributed by atoms with van der Waals surface area (Å²) >= 11 is 5.76. The third kappa shape index (κ3) is 3.16. The van der Waals surface area contributed by atoms with Gasteiger partial charge in [-0.1, -0.05) is 31.4 Å². The number of fused-ring (bicyclic) bond motifs is 2. The number of rotatable bonds is 5. The molecule has 0 aromatic carbocycles. The first-order valence-corrected chi connectivity index (χ1v) is 8.40. The zero-order chi connectivity index (χ0) is 14.8. The highest BCUT2D eigenvalue weighted by molar-refractivity contribution is 6.29. The Labute approximate surface area is 131 Å². The van der Waals surface area contributed by atoms with Crippen molar-refractivity contribution < 1.29 is 4.74 Å². The van der Waals surface area contributed by atoms with E-state index in [1.54, 1.807) is 12.1 Å². The third-order valence-corrected chi connectivity index (χ3v) is 5.46. The van der Waals surface area contributed by atoms with E-state index < -0.39 is 0 Å². The molecule has 3 rings (SSSR count). The Morgan fingerprint density at radius 2 is 2.19 bits per heavy atom. The summed E-state index contributed by atoms with van der Waals surface area (Å²) in [5.41, 5.74) is 0. The van der Waals surface area contributed by atoms with Crippen molar-refractivity contribution >= 4 is 11.6 Å². The van der Waals surface area contributed by atoms with Crippen LogP contribution in [-0.4, -0.2) is 40.8 Å². The van der Waals surface area contributed by atoms with Crippen molar-refractivity contribution in [1.29, 1.82) is 0 Å². The summed E-state index contributed by atoms with van der Waals surface area (Å²) in [6.07, 6.45) is 6.54. The van der Waals surface area contributed by atoms with E-state index in [2.05, 4.69) is 29.1 Å². The van der Waals surface area contributed by atoms with E-state index in [9.17, 15) is 0 Å². The number of aromatic nitrogens is 2. The van der Waals surface area contributed by atoms with Crippen LogP contribution in [-0.2, 0) is 0 Å². The molecule has 3 unspecified atom stereocenters. The Hall–Kier alpha value is -0.870. The topological polar surface area (TPSA) is 38.3 Å². The van der Waals surface area contributed by atoms with Crippen LogP contribution in [0.2, 0.25) is 5.15 Å². The van der Waals surface area contributed by atoms with Crippen molar-refractivity contribution in [1.82, 2.24) is 15.1 Å². The smallest absolute Gasteiger partial charge is 0.233 e. The van der Waals surface area contributed by atoms with Gasteiger partial charge in [0.15, 0.2) is 5.15 Å². The van der Waals surface area contributed by atoms with Gasteiger partial charge in [0.2, 0.25) is 5.88 Å². The first-order chi connectivity index (χ1) is 10.2. The van der Waals surface area contributed by atoms with Crippen molar-refractivity contribution in [3.8, 4) is 5.88 Å². The third-order valence-electron chi connectivity index (χ3n) is 5.26. The number of piperidine rings is 1. The molecule has 2 aliphatic rings. The Kier molecular flexibility index (Phi) is 4.65. The second kappa shape index (κ2) is 6.49. The van der Waals surface area contributed by atoms with Crippen molar-refractivity contribution in [3.05, 3.63) is 17.3 Å². The van der Waals surface area contributed by atoms with Crippen LogP contribution in [0.4, 0.5) is 0 Å². The number of ether oxygens (including phenoxy) is 1. The van der Waals surface area contributed by atoms with Gasteiger partial charge in [-0.25, -0.2) is 0 Å². The van der Waals surface area contributed by atoms with Gasteiger partial charge in [0.25, 0.3) is 0 Å². The van der Waals surface area contributed by atoms with Crippen molar-refractivity contribution in [2.75, 3.05) is 13.7 Å². The van der Waals surface area contributed by atoms with E-state index in [0.29, 0.717) is 23.0 Å². The molecule has 1 aromatic rings. The standard InChI is InChI=1S/C16H24ClN3O/c1-3-4-11-9-12-5-6-14(20(12)2)13(11)10-21-16-8-7-15(17)18-19-16/h7-8,11-14H,3-6,9-10H2,1-2H3/t11-,12?,13?,14?/m0/s1. The predicted molar refractivity (Wildman–Crippen MR) is 83.6 cm³/mol. The number of hydrogen-bond acceptors (Lipinski definition) is 4. The molecule has 0 N–H and O–H groups in total. The average molecular weight is 310 g/mol. The van der Waals surface area contributed by atoms with Gasteiger partial charge in [-0.15, -0.1) is 10.2 Å². The summed E-state index contributed by atoms with van der Waals surface area (Å²) in [6.45, 7) is 3.02. The lowest BCUT2D eigenvalue weighted by Gasteiger charge is -2.42. The molecule has 5 heteroatoms. The molecule has 2 saturated heterocycles. The maximum atomic E-state index is 5.92. The average Bonchev–Trinajstić information content (AvgIpc) is 2.72. The van der Waals surface area contributed by atoms with E-state index in [-0.39, 0.29) is 0 Å². The zero-order valence-electron chi connectivity index (χ0n) is 12.8. The van der Waals surface area contributed by atoms with E-state index >= 15 is 0 Å². The molecule has 2 aliphatic heterocycles. The minimum Gasteiger partial charge on any atom is -0.476 e. The fraction of sp³-hybridized carbons (Fsp3) is 0.750. The number of halogens is 1. The largest absolute Gasteiger partial charge is 0.476 e. The molecule has 2 bridgehead atoms. The summed E-state index contributed by atoms with van der Waals surface area (Å²) in [5, 5.41) is 8.24. The molecular formula is C16H24ClN3O. The second-order valence-electron chi connectivity index (χ2n) is 6.42. The van der Waals surface area contributed by atoms with Crippen molar-refractivity contribution in [3.63, 3.8) is 0 Å². The van der Waals surface area contributed by atoms with Crippen LogP contribution in [0.25, 0.3) is 0 Å². The van der Waals surface area contributed by atoms with Crippen LogP contribution in [0.1, 0.15) is 39.0 Å². The second-order valence-corrected chi connectivity index (χ2v) is 6.80.